The Kier molecular flexibility index (Phi) is 5.14. The van der Waals surface area contributed by atoms with Gasteiger partial charge in [0.05, 0.1) is 17.4 Å². The second kappa shape index (κ2) is 7.48. The molecule has 3 rings (SSSR count). The van der Waals surface area contributed by atoms with E-state index in [0.29, 0.717) is 42.7 Å². The van der Waals surface area contributed by atoms with Gasteiger partial charge in [0, 0.05) is 31.9 Å². The van der Waals surface area contributed by atoms with Crippen LogP contribution in [-0.4, -0.2) is 35.2 Å². The zero-order chi connectivity index (χ0) is 17.8. The fraction of sp³-hybridized carbons (Fsp3) is 0.333. The Morgan fingerprint density at radius 1 is 1.28 bits per heavy atom. The monoisotopic (exact) mass is 345 g/mol. The van der Waals surface area contributed by atoms with Crippen LogP contribution >= 0.6 is 0 Å². The molecule has 2 heterocycles. The molecule has 1 fully saturated rings. The van der Waals surface area contributed by atoms with Crippen molar-refractivity contribution in [1.82, 2.24) is 10.3 Å². The van der Waals surface area contributed by atoms with Gasteiger partial charge in [-0.3, -0.25) is 9.59 Å². The van der Waals surface area contributed by atoms with Crippen LogP contribution in [0.4, 0.5) is 10.1 Å². The number of aliphatic hydroxyl groups is 1. The van der Waals surface area contributed by atoms with E-state index in [1.165, 1.54) is 24.4 Å². The zero-order valence-corrected chi connectivity index (χ0v) is 13.7. The van der Waals surface area contributed by atoms with E-state index >= 15 is 0 Å². The Morgan fingerprint density at radius 3 is 2.68 bits per heavy atom. The largest absolute Gasteiger partial charge is 0.393 e. The number of piperidine rings is 1. The average Bonchev–Trinajstić information content (AvgIpc) is 2.61. The molecular weight excluding hydrogens is 325 g/mol. The van der Waals surface area contributed by atoms with Crippen LogP contribution in [0.1, 0.15) is 28.8 Å². The van der Waals surface area contributed by atoms with E-state index in [4.69, 9.17) is 0 Å². The van der Waals surface area contributed by atoms with Crippen molar-refractivity contribution in [3.63, 3.8) is 0 Å². The van der Waals surface area contributed by atoms with Gasteiger partial charge in [0.1, 0.15) is 5.82 Å². The van der Waals surface area contributed by atoms with Gasteiger partial charge in [-0.1, -0.05) is 6.07 Å². The van der Waals surface area contributed by atoms with Gasteiger partial charge in [-0.25, -0.2) is 4.39 Å². The van der Waals surface area contributed by atoms with Crippen LogP contribution in [0.3, 0.4) is 0 Å². The second-order valence-electron chi connectivity index (χ2n) is 6.13. The first kappa shape index (κ1) is 17.2. The van der Waals surface area contributed by atoms with Gasteiger partial charge in [0.2, 0.25) is 5.56 Å². The number of aromatic amines is 1. The van der Waals surface area contributed by atoms with Gasteiger partial charge in [0.25, 0.3) is 5.91 Å². The summed E-state index contributed by atoms with van der Waals surface area (Å²) in [6.07, 6.45) is 2.31. The molecule has 132 valence electrons. The zero-order valence-electron chi connectivity index (χ0n) is 13.7. The highest BCUT2D eigenvalue weighted by atomic mass is 19.1. The van der Waals surface area contributed by atoms with Crippen molar-refractivity contribution in [3.8, 4) is 0 Å². The minimum atomic E-state index is -0.342. The molecule has 0 saturated carbocycles. The van der Waals surface area contributed by atoms with E-state index in [1.54, 1.807) is 12.1 Å². The molecule has 1 aliphatic rings. The number of carbonyl (C=O) groups excluding carboxylic acids is 1. The van der Waals surface area contributed by atoms with Gasteiger partial charge >= 0.3 is 0 Å². The highest BCUT2D eigenvalue weighted by Gasteiger charge is 2.19. The SMILES string of the molecule is O=C(NCc1ccc(N2CCC(O)CC2)c(F)c1)c1ccc(=O)[nH]c1. The normalized spacial score (nSPS) is 15.2. The Hall–Kier alpha value is -2.67. The molecule has 1 aromatic carbocycles. The van der Waals surface area contributed by atoms with Gasteiger partial charge < -0.3 is 20.3 Å². The topological polar surface area (TPSA) is 85.4 Å². The van der Waals surface area contributed by atoms with Crippen molar-refractivity contribution in [2.45, 2.75) is 25.5 Å². The molecule has 0 bridgehead atoms. The van der Waals surface area contributed by atoms with Crippen molar-refractivity contribution in [1.29, 1.82) is 0 Å². The number of halogens is 1. The quantitative estimate of drug-likeness (QED) is 0.782. The lowest BCUT2D eigenvalue weighted by Crippen LogP contribution is -2.36. The van der Waals surface area contributed by atoms with Gasteiger partial charge in [0.15, 0.2) is 0 Å². The number of nitrogens with zero attached hydrogens (tertiary/aromatic N) is 1. The number of anilines is 1. The molecule has 25 heavy (non-hydrogen) atoms. The highest BCUT2D eigenvalue weighted by molar-refractivity contribution is 5.93. The van der Waals surface area contributed by atoms with Crippen LogP contribution in [-0.2, 0) is 6.54 Å². The number of amides is 1. The molecule has 1 aromatic heterocycles. The number of H-pyrrole nitrogens is 1. The third kappa shape index (κ3) is 4.24. The van der Waals surface area contributed by atoms with Crippen LogP contribution in [0.15, 0.2) is 41.3 Å². The molecule has 3 N–H and O–H groups in total. The lowest BCUT2D eigenvalue weighted by atomic mass is 10.1. The smallest absolute Gasteiger partial charge is 0.253 e. The molecule has 1 aliphatic heterocycles. The number of hydrogen-bond donors (Lipinski definition) is 3. The van der Waals surface area contributed by atoms with Gasteiger partial charge in [-0.05, 0) is 36.6 Å². The molecule has 0 spiro atoms. The number of hydrogen-bond acceptors (Lipinski definition) is 4. The Bertz CT molecular complexity index is 793. The number of rotatable bonds is 4. The van der Waals surface area contributed by atoms with Crippen LogP contribution < -0.4 is 15.8 Å². The van der Waals surface area contributed by atoms with Crippen LogP contribution in [0.25, 0.3) is 0 Å². The fourth-order valence-corrected chi connectivity index (χ4v) is 2.86. The summed E-state index contributed by atoms with van der Waals surface area (Å²) >= 11 is 0. The van der Waals surface area contributed by atoms with E-state index < -0.39 is 0 Å². The van der Waals surface area contributed by atoms with Gasteiger partial charge in [-0.15, -0.1) is 0 Å². The fourth-order valence-electron chi connectivity index (χ4n) is 2.86. The first-order chi connectivity index (χ1) is 12.0. The van der Waals surface area contributed by atoms with Crippen LogP contribution in [0.5, 0.6) is 0 Å². The lowest BCUT2D eigenvalue weighted by molar-refractivity contribution is 0.0950. The summed E-state index contributed by atoms with van der Waals surface area (Å²) in [5, 5.41) is 12.2. The van der Waals surface area contributed by atoms with Crippen molar-refractivity contribution < 1.29 is 14.3 Å². The Labute approximate surface area is 144 Å². The van der Waals surface area contributed by atoms with Crippen molar-refractivity contribution in [3.05, 3.63) is 63.8 Å². The van der Waals surface area contributed by atoms with Crippen LogP contribution in [0.2, 0.25) is 0 Å². The number of carbonyl (C=O) groups is 1. The third-order valence-corrected chi connectivity index (χ3v) is 4.32. The number of nitrogens with one attached hydrogen (secondary N) is 2. The number of pyridine rings is 1. The maximum Gasteiger partial charge on any atom is 0.253 e. The third-order valence-electron chi connectivity index (χ3n) is 4.32. The second-order valence-corrected chi connectivity index (χ2v) is 6.13. The average molecular weight is 345 g/mol. The van der Waals surface area contributed by atoms with E-state index in [1.807, 2.05) is 4.90 Å². The number of aliphatic hydroxyl groups excluding tert-OH is 1. The summed E-state index contributed by atoms with van der Waals surface area (Å²) in [5.41, 5.74) is 1.22. The molecule has 0 unspecified atom stereocenters. The molecule has 0 aliphatic carbocycles. The molecule has 0 atom stereocenters. The molecule has 7 heteroatoms. The van der Waals surface area contributed by atoms with E-state index in [2.05, 4.69) is 10.3 Å². The number of aromatic nitrogens is 1. The first-order valence-corrected chi connectivity index (χ1v) is 8.21. The lowest BCUT2D eigenvalue weighted by Gasteiger charge is -2.31. The highest BCUT2D eigenvalue weighted by Crippen LogP contribution is 2.24. The predicted octanol–water partition coefficient (Wildman–Crippen LogP) is 1.41. The summed E-state index contributed by atoms with van der Waals surface area (Å²) in [4.78, 5) is 27.4. The summed E-state index contributed by atoms with van der Waals surface area (Å²) in [6, 6.07) is 7.60. The Balaban J connectivity index is 1.62. The molecule has 1 saturated heterocycles. The molecule has 6 nitrogen and oxygen atoms in total. The maximum atomic E-state index is 14.4. The molecule has 2 aromatic rings. The van der Waals surface area contributed by atoms with Crippen LogP contribution in [0, 0.1) is 5.82 Å². The molecular formula is C18H20FN3O3. The number of benzene rings is 1. The van der Waals surface area contributed by atoms with Crippen molar-refractivity contribution in [2.24, 2.45) is 0 Å². The van der Waals surface area contributed by atoms with E-state index in [0.717, 1.165) is 0 Å². The summed E-state index contributed by atoms with van der Waals surface area (Å²) in [7, 11) is 0. The minimum absolute atomic E-state index is 0.188. The van der Waals surface area contributed by atoms with Gasteiger partial charge in [-0.2, -0.15) is 0 Å². The summed E-state index contributed by atoms with van der Waals surface area (Å²) in [6.45, 7) is 1.44. The molecule has 1 amide bonds. The maximum absolute atomic E-state index is 14.4. The minimum Gasteiger partial charge on any atom is -0.393 e. The summed E-state index contributed by atoms with van der Waals surface area (Å²) < 4.78 is 14.4. The first-order valence-electron chi connectivity index (χ1n) is 8.21. The Morgan fingerprint density at radius 2 is 2.04 bits per heavy atom. The predicted molar refractivity (Wildman–Crippen MR) is 92.1 cm³/mol. The summed E-state index contributed by atoms with van der Waals surface area (Å²) in [5.74, 6) is -0.682. The van der Waals surface area contributed by atoms with E-state index in [9.17, 15) is 19.1 Å². The van der Waals surface area contributed by atoms with E-state index in [-0.39, 0.29) is 29.9 Å². The van der Waals surface area contributed by atoms with Crippen molar-refractivity contribution in [2.75, 3.05) is 18.0 Å². The standard InChI is InChI=1S/C18H20FN3O3/c19-15-9-12(1-3-16(15)22-7-5-14(23)6-8-22)10-21-18(25)13-2-4-17(24)20-11-13/h1-4,9,11,14,23H,5-8,10H2,(H,20,24)(H,21,25). The van der Waals surface area contributed by atoms with Crippen molar-refractivity contribution >= 4 is 11.6 Å². The molecule has 0 radical (unpaired) electrons.